The van der Waals surface area contributed by atoms with Gasteiger partial charge in [-0.15, -0.1) is 0 Å². The highest BCUT2D eigenvalue weighted by molar-refractivity contribution is 7.84. The van der Waals surface area contributed by atoms with Crippen LogP contribution >= 0.6 is 23.2 Å². The highest BCUT2D eigenvalue weighted by Crippen LogP contribution is 2.36. The van der Waals surface area contributed by atoms with Crippen molar-refractivity contribution in [3.63, 3.8) is 0 Å². The van der Waals surface area contributed by atoms with Gasteiger partial charge >= 0.3 is 0 Å². The number of hydrogen-bond acceptors (Lipinski definition) is 4. The van der Waals surface area contributed by atoms with Crippen molar-refractivity contribution in [2.75, 3.05) is 31.5 Å². The molecule has 0 bridgehead atoms. The van der Waals surface area contributed by atoms with Crippen molar-refractivity contribution < 1.29 is 13.8 Å². The fourth-order valence-electron chi connectivity index (χ4n) is 5.74. The lowest BCUT2D eigenvalue weighted by molar-refractivity contribution is -0.132. The van der Waals surface area contributed by atoms with E-state index in [1.807, 2.05) is 24.8 Å². The van der Waals surface area contributed by atoms with Crippen LogP contribution in [0.25, 0.3) is 11.6 Å². The van der Waals surface area contributed by atoms with Crippen LogP contribution < -0.4 is 5.32 Å². The molecule has 2 fully saturated rings. The summed E-state index contributed by atoms with van der Waals surface area (Å²) in [6.07, 6.45) is 4.72. The van der Waals surface area contributed by atoms with Crippen molar-refractivity contribution in [1.29, 1.82) is 0 Å². The van der Waals surface area contributed by atoms with Gasteiger partial charge in [0.25, 0.3) is 5.91 Å². The third-order valence-corrected chi connectivity index (χ3v) is 10.4. The van der Waals surface area contributed by atoms with E-state index in [0.717, 1.165) is 54.7 Å². The number of benzene rings is 2. The van der Waals surface area contributed by atoms with Crippen LogP contribution in [0.4, 0.5) is 5.69 Å². The van der Waals surface area contributed by atoms with E-state index in [2.05, 4.69) is 15.2 Å². The second-order valence-electron chi connectivity index (χ2n) is 11.0. The molecule has 1 saturated heterocycles. The molecule has 1 unspecified atom stereocenters. The average Bonchev–Trinajstić information content (AvgIpc) is 3.72. The zero-order chi connectivity index (χ0) is 28.8. The minimum Gasteiger partial charge on any atom is -0.359 e. The van der Waals surface area contributed by atoms with Gasteiger partial charge in [-0.3, -0.25) is 18.7 Å². The van der Waals surface area contributed by atoms with Crippen LogP contribution in [0, 0.1) is 13.8 Å². The first-order chi connectivity index (χ1) is 19.7. The molecule has 0 spiro atoms. The summed E-state index contributed by atoms with van der Waals surface area (Å²) in [6, 6.07) is 11.2. The average molecular weight is 612 g/mol. The minimum atomic E-state index is -1.42. The number of H-pyrrole nitrogens is 1. The molecular formula is C31H32Cl2N4O3S. The molecule has 1 atom stereocenters. The molecule has 3 aromatic rings. The van der Waals surface area contributed by atoms with Crippen LogP contribution in [0.1, 0.15) is 46.5 Å². The van der Waals surface area contributed by atoms with Crippen molar-refractivity contribution in [3.05, 3.63) is 80.1 Å². The van der Waals surface area contributed by atoms with E-state index in [-0.39, 0.29) is 17.6 Å². The molecule has 3 aliphatic rings. The van der Waals surface area contributed by atoms with Crippen LogP contribution in [0.15, 0.2) is 41.3 Å². The predicted octanol–water partition coefficient (Wildman–Crippen LogP) is 5.59. The van der Waals surface area contributed by atoms with Gasteiger partial charge in [0.2, 0.25) is 5.91 Å². The van der Waals surface area contributed by atoms with Crippen molar-refractivity contribution >= 4 is 63.2 Å². The molecule has 3 heterocycles. The number of halogens is 2. The second kappa shape index (κ2) is 11.4. The van der Waals surface area contributed by atoms with Crippen LogP contribution in [-0.2, 0) is 32.6 Å². The molecule has 0 radical (unpaired) electrons. The molecule has 1 saturated carbocycles. The summed E-state index contributed by atoms with van der Waals surface area (Å²) in [4.78, 5) is 34.6. The van der Waals surface area contributed by atoms with Gasteiger partial charge in [-0.1, -0.05) is 29.3 Å². The molecule has 2 aromatic carbocycles. The molecule has 41 heavy (non-hydrogen) atoms. The van der Waals surface area contributed by atoms with Crippen molar-refractivity contribution in [3.8, 4) is 0 Å². The Morgan fingerprint density at radius 2 is 1.76 bits per heavy atom. The Labute approximate surface area is 252 Å². The number of aromatic amines is 1. The Bertz CT molecular complexity index is 1580. The summed E-state index contributed by atoms with van der Waals surface area (Å²) in [5, 5.41) is 3.85. The van der Waals surface area contributed by atoms with E-state index >= 15 is 0 Å². The molecule has 2 amide bonds. The number of fused-ring (bicyclic) bond motifs is 1. The molecule has 6 rings (SSSR count). The van der Waals surface area contributed by atoms with Crippen molar-refractivity contribution in [2.45, 2.75) is 49.8 Å². The first kappa shape index (κ1) is 28.2. The third-order valence-electron chi connectivity index (χ3n) is 8.35. The van der Waals surface area contributed by atoms with Gasteiger partial charge in [-0.25, -0.2) is 0 Å². The number of nitrogens with one attached hydrogen (secondary N) is 2. The largest absolute Gasteiger partial charge is 0.359 e. The minimum absolute atomic E-state index is 0.138. The summed E-state index contributed by atoms with van der Waals surface area (Å²) in [5.74, 6) is 0.0779. The van der Waals surface area contributed by atoms with E-state index in [1.165, 1.54) is 12.8 Å². The molecular weight excluding hydrogens is 579 g/mol. The van der Waals surface area contributed by atoms with E-state index in [1.54, 1.807) is 36.4 Å². The summed E-state index contributed by atoms with van der Waals surface area (Å²) >= 11 is 12.6. The highest BCUT2D eigenvalue weighted by Gasteiger charge is 2.32. The van der Waals surface area contributed by atoms with E-state index in [4.69, 9.17) is 23.2 Å². The van der Waals surface area contributed by atoms with Crippen LogP contribution in [0.5, 0.6) is 0 Å². The number of carbonyl (C=O) groups excluding carboxylic acids is 2. The number of rotatable bonds is 7. The Hall–Kier alpha value is -2.91. The summed E-state index contributed by atoms with van der Waals surface area (Å²) in [6.45, 7) is 7.40. The number of hydrogen-bond donors (Lipinski definition) is 2. The fourth-order valence-corrected chi connectivity index (χ4v) is 7.64. The predicted molar refractivity (Wildman–Crippen MR) is 165 cm³/mol. The molecule has 214 valence electrons. The van der Waals surface area contributed by atoms with Gasteiger partial charge in [0.05, 0.1) is 28.5 Å². The van der Waals surface area contributed by atoms with Gasteiger partial charge in [0.1, 0.15) is 0 Å². The number of aromatic nitrogens is 1. The van der Waals surface area contributed by atoms with Crippen molar-refractivity contribution in [2.24, 2.45) is 0 Å². The Morgan fingerprint density at radius 3 is 2.44 bits per heavy atom. The normalized spacial score (nSPS) is 19.0. The maximum atomic E-state index is 13.3. The van der Waals surface area contributed by atoms with Crippen LogP contribution in [0.2, 0.25) is 10.0 Å². The molecule has 1 aromatic heterocycles. The van der Waals surface area contributed by atoms with Gasteiger partial charge in [-0.05, 0) is 74.2 Å². The molecule has 10 heteroatoms. The highest BCUT2D eigenvalue weighted by atomic mass is 35.5. The van der Waals surface area contributed by atoms with Crippen molar-refractivity contribution in [1.82, 2.24) is 14.8 Å². The zero-order valence-corrected chi connectivity index (χ0v) is 25.4. The van der Waals surface area contributed by atoms with Crippen LogP contribution in [0.3, 0.4) is 0 Å². The summed E-state index contributed by atoms with van der Waals surface area (Å²) < 4.78 is 13.3. The number of piperazine rings is 1. The zero-order valence-electron chi connectivity index (χ0n) is 23.1. The summed E-state index contributed by atoms with van der Waals surface area (Å²) in [5.41, 5.74) is 6.09. The Balaban J connectivity index is 1.21. The Kier molecular flexibility index (Phi) is 7.85. The second-order valence-corrected chi connectivity index (χ2v) is 13.3. The monoisotopic (exact) mass is 610 g/mol. The summed E-state index contributed by atoms with van der Waals surface area (Å²) in [7, 11) is -1.42. The molecule has 1 aliphatic carbocycles. The van der Waals surface area contributed by atoms with Gasteiger partial charge in [-0.2, -0.15) is 0 Å². The van der Waals surface area contributed by atoms with E-state index < -0.39 is 10.8 Å². The first-order valence-electron chi connectivity index (χ1n) is 13.9. The maximum absolute atomic E-state index is 13.3. The number of carbonyl (C=O) groups is 2. The number of aryl methyl sites for hydroxylation is 1. The quantitative estimate of drug-likeness (QED) is 0.342. The number of amides is 2. The van der Waals surface area contributed by atoms with Gasteiger partial charge < -0.3 is 15.2 Å². The Morgan fingerprint density at radius 1 is 1.05 bits per heavy atom. The van der Waals surface area contributed by atoms with Gasteiger partial charge in [0.15, 0.2) is 0 Å². The smallest absolute Gasteiger partial charge is 0.256 e. The lowest BCUT2D eigenvalue weighted by Gasteiger charge is -2.35. The lowest BCUT2D eigenvalue weighted by Crippen LogP contribution is -2.49. The SMILES string of the molecule is Cc1[nH]c(/C=C2\C(=O)Nc3ccc(S(=O)Cc4c(Cl)cccc4Cl)cc32)c(C)c1CC(=O)N1CCN(C2CC2)CC1. The standard InChI is InChI=1S/C31H32Cl2N4O3S/c1-18-22(16-30(38)37-12-10-36(11-13-37)20-6-7-20)19(2)34-29(18)15-24-23-14-21(8-9-28(23)35-31(24)39)41(40)17-25-26(32)4-3-5-27(25)33/h3-5,8-9,14-15,20,34H,6-7,10-13,16-17H2,1-2H3,(H,35,39)/b24-15-. The molecule has 2 aliphatic heterocycles. The van der Waals surface area contributed by atoms with E-state index in [0.29, 0.717) is 43.7 Å². The first-order valence-corrected chi connectivity index (χ1v) is 16.0. The van der Waals surface area contributed by atoms with E-state index in [9.17, 15) is 13.8 Å². The number of anilines is 1. The number of nitrogens with zero attached hydrogens (tertiary/aromatic N) is 2. The third kappa shape index (κ3) is 5.75. The van der Waals surface area contributed by atoms with Crippen LogP contribution in [-0.4, -0.2) is 63.0 Å². The molecule has 2 N–H and O–H groups in total. The lowest BCUT2D eigenvalue weighted by atomic mass is 10.0. The van der Waals surface area contributed by atoms with Gasteiger partial charge in [0, 0.05) is 75.4 Å². The molecule has 7 nitrogen and oxygen atoms in total. The maximum Gasteiger partial charge on any atom is 0.256 e. The topological polar surface area (TPSA) is 85.5 Å². The fraction of sp³-hybridized carbons (Fsp3) is 0.355.